The summed E-state index contributed by atoms with van der Waals surface area (Å²) in [6.45, 7) is 2.10. The third kappa shape index (κ3) is 2.97. The van der Waals surface area contributed by atoms with Crippen LogP contribution in [-0.4, -0.2) is 27.3 Å². The van der Waals surface area contributed by atoms with Gasteiger partial charge in [0.25, 0.3) is 0 Å². The van der Waals surface area contributed by atoms with E-state index in [4.69, 9.17) is 22.7 Å². The highest BCUT2D eigenvalue weighted by molar-refractivity contribution is 7.80. The van der Waals surface area contributed by atoms with E-state index in [1.807, 2.05) is 24.3 Å². The van der Waals surface area contributed by atoms with Gasteiger partial charge in [-0.25, -0.2) is 9.48 Å². The third-order valence-corrected chi connectivity index (χ3v) is 2.75. The first-order valence-electron chi connectivity index (χ1n) is 5.74. The molecule has 0 bridgehead atoms. The zero-order chi connectivity index (χ0) is 13.8. The van der Waals surface area contributed by atoms with Crippen molar-refractivity contribution in [3.05, 3.63) is 47.8 Å². The highest BCUT2D eigenvalue weighted by atomic mass is 32.1. The van der Waals surface area contributed by atoms with Gasteiger partial charge in [0.05, 0.1) is 24.1 Å². The van der Waals surface area contributed by atoms with Crippen LogP contribution in [0.3, 0.4) is 0 Å². The van der Waals surface area contributed by atoms with E-state index < -0.39 is 0 Å². The van der Waals surface area contributed by atoms with Crippen LogP contribution in [0.2, 0.25) is 0 Å². The molecule has 0 amide bonds. The Morgan fingerprint density at radius 3 is 2.63 bits per heavy atom. The van der Waals surface area contributed by atoms with Gasteiger partial charge in [0.2, 0.25) is 0 Å². The van der Waals surface area contributed by atoms with Crippen LogP contribution in [0.15, 0.2) is 36.7 Å². The predicted octanol–water partition coefficient (Wildman–Crippen LogP) is 1.68. The number of ether oxygens (including phenoxy) is 1. The van der Waals surface area contributed by atoms with Crippen LogP contribution >= 0.6 is 12.2 Å². The Bertz CT molecular complexity index is 605. The summed E-state index contributed by atoms with van der Waals surface area (Å²) in [4.78, 5) is 11.9. The van der Waals surface area contributed by atoms with E-state index in [1.54, 1.807) is 17.8 Å². The first-order chi connectivity index (χ1) is 9.11. The van der Waals surface area contributed by atoms with Crippen molar-refractivity contribution in [3.8, 4) is 5.69 Å². The van der Waals surface area contributed by atoms with Gasteiger partial charge in [-0.1, -0.05) is 12.2 Å². The highest BCUT2D eigenvalue weighted by Crippen LogP contribution is 2.11. The molecule has 0 radical (unpaired) electrons. The fraction of sp³-hybridized carbons (Fsp3) is 0.154. The lowest BCUT2D eigenvalue weighted by Gasteiger charge is -2.02. The van der Waals surface area contributed by atoms with E-state index in [1.165, 1.54) is 6.20 Å². The van der Waals surface area contributed by atoms with Crippen molar-refractivity contribution >= 4 is 23.2 Å². The molecule has 0 spiro atoms. The molecular weight excluding hydrogens is 262 g/mol. The standard InChI is InChI=1S/C13H13N3O2S/c1-2-18-13(17)10-7-15-16(8-10)11-5-3-9(4-6-11)12(14)19/h3-8H,2H2,1H3,(H2,14,19). The van der Waals surface area contributed by atoms with Gasteiger partial charge in [0.1, 0.15) is 4.99 Å². The van der Waals surface area contributed by atoms with Crippen LogP contribution in [-0.2, 0) is 4.74 Å². The van der Waals surface area contributed by atoms with Crippen LogP contribution in [0.25, 0.3) is 5.69 Å². The van der Waals surface area contributed by atoms with Crippen molar-refractivity contribution in [1.82, 2.24) is 9.78 Å². The van der Waals surface area contributed by atoms with Gasteiger partial charge in [-0.15, -0.1) is 0 Å². The van der Waals surface area contributed by atoms with Gasteiger partial charge in [0, 0.05) is 11.8 Å². The van der Waals surface area contributed by atoms with Gasteiger partial charge >= 0.3 is 5.97 Å². The summed E-state index contributed by atoms with van der Waals surface area (Å²) in [7, 11) is 0. The van der Waals surface area contributed by atoms with Crippen LogP contribution in [0, 0.1) is 0 Å². The minimum Gasteiger partial charge on any atom is -0.462 e. The fourth-order valence-electron chi connectivity index (χ4n) is 1.56. The number of carbonyl (C=O) groups excluding carboxylic acids is 1. The summed E-state index contributed by atoms with van der Waals surface area (Å²) in [5.74, 6) is -0.381. The maximum absolute atomic E-state index is 11.5. The van der Waals surface area contributed by atoms with Crippen molar-refractivity contribution in [1.29, 1.82) is 0 Å². The molecule has 0 fully saturated rings. The normalized spacial score (nSPS) is 10.2. The van der Waals surface area contributed by atoms with Crippen LogP contribution in [0.5, 0.6) is 0 Å². The lowest BCUT2D eigenvalue weighted by atomic mass is 10.2. The van der Waals surface area contributed by atoms with Gasteiger partial charge in [0.15, 0.2) is 0 Å². The van der Waals surface area contributed by atoms with E-state index in [2.05, 4.69) is 5.10 Å². The minimum absolute atomic E-state index is 0.340. The Labute approximate surface area is 116 Å². The lowest BCUT2D eigenvalue weighted by Crippen LogP contribution is -2.09. The van der Waals surface area contributed by atoms with Crippen molar-refractivity contribution in [2.75, 3.05) is 6.61 Å². The topological polar surface area (TPSA) is 70.1 Å². The van der Waals surface area contributed by atoms with Crippen molar-refractivity contribution < 1.29 is 9.53 Å². The number of hydrogen-bond donors (Lipinski definition) is 1. The zero-order valence-electron chi connectivity index (χ0n) is 10.4. The van der Waals surface area contributed by atoms with Gasteiger partial charge in [-0.05, 0) is 31.2 Å². The van der Waals surface area contributed by atoms with Crippen molar-refractivity contribution in [2.45, 2.75) is 6.92 Å². The number of aromatic nitrogens is 2. The Hall–Kier alpha value is -2.21. The second-order valence-corrected chi connectivity index (χ2v) is 4.25. The molecule has 0 unspecified atom stereocenters. The van der Waals surface area contributed by atoms with E-state index in [0.717, 1.165) is 11.3 Å². The monoisotopic (exact) mass is 275 g/mol. The number of rotatable bonds is 4. The number of nitrogens with two attached hydrogens (primary N) is 1. The Morgan fingerprint density at radius 2 is 2.05 bits per heavy atom. The van der Waals surface area contributed by atoms with E-state index in [-0.39, 0.29) is 5.97 Å². The predicted molar refractivity (Wildman–Crippen MR) is 75.4 cm³/mol. The number of esters is 1. The fourth-order valence-corrected chi connectivity index (χ4v) is 1.70. The summed E-state index contributed by atoms with van der Waals surface area (Å²) in [5.41, 5.74) is 7.55. The van der Waals surface area contributed by atoms with E-state index in [9.17, 15) is 4.79 Å². The summed E-state index contributed by atoms with van der Waals surface area (Å²) < 4.78 is 6.49. The molecule has 1 aromatic heterocycles. The molecule has 0 aliphatic heterocycles. The summed E-state index contributed by atoms with van der Waals surface area (Å²) in [5, 5.41) is 4.12. The first-order valence-corrected chi connectivity index (χ1v) is 6.14. The number of thiocarbonyl (C=S) groups is 1. The highest BCUT2D eigenvalue weighted by Gasteiger charge is 2.10. The molecule has 98 valence electrons. The molecule has 19 heavy (non-hydrogen) atoms. The summed E-state index contributed by atoms with van der Waals surface area (Å²) in [6.07, 6.45) is 3.09. The zero-order valence-corrected chi connectivity index (χ0v) is 11.2. The van der Waals surface area contributed by atoms with Crippen LogP contribution in [0.4, 0.5) is 0 Å². The minimum atomic E-state index is -0.381. The van der Waals surface area contributed by atoms with Crippen LogP contribution in [0.1, 0.15) is 22.8 Å². The maximum atomic E-state index is 11.5. The lowest BCUT2D eigenvalue weighted by molar-refractivity contribution is 0.0526. The average Bonchev–Trinajstić information content (AvgIpc) is 2.89. The molecule has 0 saturated carbocycles. The molecule has 0 aliphatic rings. The molecule has 2 aromatic rings. The van der Waals surface area contributed by atoms with Gasteiger partial charge in [-0.2, -0.15) is 5.10 Å². The molecule has 0 aliphatic carbocycles. The van der Waals surface area contributed by atoms with Gasteiger partial charge in [-0.3, -0.25) is 0 Å². The molecule has 0 atom stereocenters. The third-order valence-electron chi connectivity index (χ3n) is 2.51. The molecule has 1 heterocycles. The van der Waals surface area contributed by atoms with Crippen molar-refractivity contribution in [3.63, 3.8) is 0 Å². The number of hydrogen-bond acceptors (Lipinski definition) is 4. The van der Waals surface area contributed by atoms with E-state index >= 15 is 0 Å². The smallest absolute Gasteiger partial charge is 0.341 e. The number of carbonyl (C=O) groups is 1. The number of benzene rings is 1. The SMILES string of the molecule is CCOC(=O)c1cnn(-c2ccc(C(N)=S)cc2)c1. The first kappa shape index (κ1) is 13.2. The Morgan fingerprint density at radius 1 is 1.37 bits per heavy atom. The average molecular weight is 275 g/mol. The second kappa shape index (κ2) is 5.62. The molecule has 1 aromatic carbocycles. The molecule has 6 heteroatoms. The number of nitrogens with zero attached hydrogens (tertiary/aromatic N) is 2. The Balaban J connectivity index is 2.23. The molecule has 0 saturated heterocycles. The molecule has 5 nitrogen and oxygen atoms in total. The molecular formula is C13H13N3O2S. The second-order valence-electron chi connectivity index (χ2n) is 3.81. The molecule has 2 N–H and O–H groups in total. The summed E-state index contributed by atoms with van der Waals surface area (Å²) >= 11 is 4.88. The van der Waals surface area contributed by atoms with E-state index in [0.29, 0.717) is 17.2 Å². The maximum Gasteiger partial charge on any atom is 0.341 e. The summed E-state index contributed by atoms with van der Waals surface area (Å²) in [6, 6.07) is 7.28. The quantitative estimate of drug-likeness (QED) is 0.679. The van der Waals surface area contributed by atoms with Crippen LogP contribution < -0.4 is 5.73 Å². The molecule has 2 rings (SSSR count). The largest absolute Gasteiger partial charge is 0.462 e. The van der Waals surface area contributed by atoms with Crippen molar-refractivity contribution in [2.24, 2.45) is 5.73 Å². The Kier molecular flexibility index (Phi) is 3.91. The van der Waals surface area contributed by atoms with Gasteiger partial charge < -0.3 is 10.5 Å².